The zero-order valence-corrected chi connectivity index (χ0v) is 18.6. The van der Waals surface area contributed by atoms with Crippen molar-refractivity contribution in [2.45, 2.75) is 0 Å². The Bertz CT molecular complexity index is 516. The van der Waals surface area contributed by atoms with Crippen molar-refractivity contribution < 1.29 is 84.6 Å². The molecule has 0 aliphatic rings. The molecule has 0 atom stereocenters. The largest absolute Gasteiger partial charge is 0.356 e. The molecule has 0 saturated heterocycles. The van der Waals surface area contributed by atoms with Gasteiger partial charge in [0.2, 0.25) is 0 Å². The first-order valence-corrected chi connectivity index (χ1v) is 6.92. The Morgan fingerprint density at radius 3 is 1.77 bits per heavy atom. The van der Waals surface area contributed by atoms with Crippen LogP contribution in [0, 0.1) is 0 Å². The quantitative estimate of drug-likeness (QED) is 0.229. The molecule has 0 unspecified atom stereocenters. The van der Waals surface area contributed by atoms with E-state index in [2.05, 4.69) is 14.0 Å². The van der Waals surface area contributed by atoms with Crippen LogP contribution < -0.4 is 9.03 Å². The maximum absolute atomic E-state index is 8.43. The molecule has 0 aromatic heterocycles. The number of hydrogen-bond acceptors (Lipinski definition) is 8. The van der Waals surface area contributed by atoms with Crippen LogP contribution in [0.15, 0.2) is 54.6 Å². The Labute approximate surface area is 187 Å². The summed E-state index contributed by atoms with van der Waals surface area (Å²) in [5, 5.41) is 20.1. The van der Waals surface area contributed by atoms with Crippen LogP contribution in [0.4, 0.5) is 17.1 Å². The van der Waals surface area contributed by atoms with Gasteiger partial charge in [-0.1, -0.05) is 18.2 Å². The zero-order chi connectivity index (χ0) is 14.2. The van der Waals surface area contributed by atoms with Gasteiger partial charge < -0.3 is 5.32 Å². The monoisotopic (exact) mass is 490 g/mol. The molecule has 0 fully saturated rings. The first-order valence-electron chi connectivity index (χ1n) is 5.52. The van der Waals surface area contributed by atoms with Crippen molar-refractivity contribution in [1.82, 2.24) is 0 Å². The van der Waals surface area contributed by atoms with Gasteiger partial charge in [0.15, 0.2) is 24.5 Å². The van der Waals surface area contributed by atoms with E-state index < -0.39 is 0 Å². The van der Waals surface area contributed by atoms with E-state index in [0.29, 0.717) is 30.1 Å². The van der Waals surface area contributed by atoms with E-state index in [9.17, 15) is 0 Å². The van der Waals surface area contributed by atoms with Gasteiger partial charge >= 0.3 is 0 Å². The van der Waals surface area contributed by atoms with E-state index in [0.717, 1.165) is 11.4 Å². The summed E-state index contributed by atoms with van der Waals surface area (Å²) in [6.45, 7) is 0. The third kappa shape index (κ3) is 7.57. The zero-order valence-electron chi connectivity index (χ0n) is 11.3. The molecular formula is C12H12N2O4S2Y2. The number of nitrogens with one attached hydrogen (secondary N) is 1. The fourth-order valence-electron chi connectivity index (χ4n) is 1.51. The summed E-state index contributed by atoms with van der Waals surface area (Å²) in [5.41, 5.74) is 2.56. The molecule has 0 bridgehead atoms. The fourth-order valence-corrected chi connectivity index (χ4v) is 2.31. The molecule has 0 saturated carbocycles. The van der Waals surface area contributed by atoms with Gasteiger partial charge in [0, 0.05) is 76.8 Å². The maximum Gasteiger partial charge on any atom is 0.164 e. The van der Waals surface area contributed by atoms with E-state index in [-0.39, 0.29) is 65.4 Å². The molecule has 2 radical (unpaired) electrons. The van der Waals surface area contributed by atoms with Gasteiger partial charge in [-0.2, -0.15) is 0 Å². The molecule has 0 amide bonds. The second kappa shape index (κ2) is 13.1. The molecule has 2 aromatic carbocycles. The average molecular weight is 490 g/mol. The molecule has 2 aromatic rings. The summed E-state index contributed by atoms with van der Waals surface area (Å²) >= 11 is 1.22. The summed E-state index contributed by atoms with van der Waals surface area (Å²) in [7, 11) is 0. The molecule has 0 aliphatic heterocycles. The minimum atomic E-state index is 0. The average Bonchev–Trinajstić information content (AvgIpc) is 2.49. The fraction of sp³-hybridized carbons (Fsp3) is 0. The first kappa shape index (κ1) is 22.8. The Balaban J connectivity index is 0.00000220. The van der Waals surface area contributed by atoms with Crippen LogP contribution in [0.5, 0.6) is 0 Å². The van der Waals surface area contributed by atoms with E-state index in [1.165, 1.54) is 3.71 Å². The predicted molar refractivity (Wildman–Crippen MR) is 81.3 cm³/mol. The Hall–Kier alpha value is 0.788. The molecule has 0 spiro atoms. The smallest absolute Gasteiger partial charge is 0.164 e. The van der Waals surface area contributed by atoms with E-state index >= 15 is 0 Å². The van der Waals surface area contributed by atoms with Gasteiger partial charge in [-0.05, 0) is 36.4 Å². The van der Waals surface area contributed by atoms with Gasteiger partial charge in [0.05, 0.1) is 5.69 Å². The molecule has 112 valence electrons. The first-order chi connectivity index (χ1) is 9.83. The maximum atomic E-state index is 8.43. The number of benzene rings is 2. The second-order valence-electron chi connectivity index (χ2n) is 3.59. The van der Waals surface area contributed by atoms with Gasteiger partial charge in [-0.15, -0.1) is 8.67 Å². The van der Waals surface area contributed by atoms with Gasteiger partial charge in [0.1, 0.15) is 0 Å². The Morgan fingerprint density at radius 2 is 1.27 bits per heavy atom. The Kier molecular flexibility index (Phi) is 13.6. The number of anilines is 3. The Morgan fingerprint density at radius 1 is 0.773 bits per heavy atom. The van der Waals surface area contributed by atoms with Crippen LogP contribution >= 0.6 is 24.5 Å². The molecule has 10 heteroatoms. The summed E-state index contributed by atoms with van der Waals surface area (Å²) < 4.78 is 9.24. The summed E-state index contributed by atoms with van der Waals surface area (Å²) in [6.07, 6.45) is 0. The van der Waals surface area contributed by atoms with Crippen molar-refractivity contribution in [2.24, 2.45) is 0 Å². The molecule has 3 N–H and O–H groups in total. The molecule has 2 rings (SSSR count). The summed E-state index contributed by atoms with van der Waals surface area (Å²) in [5.74, 6) is 0. The van der Waals surface area contributed by atoms with Crippen LogP contribution in [0.2, 0.25) is 0 Å². The van der Waals surface area contributed by atoms with Crippen molar-refractivity contribution >= 4 is 41.5 Å². The SMILES string of the molecule is OOSN(SOO)c1ccc(Nc2ccccc2)cc1.[Y].[Y]. The van der Waals surface area contributed by atoms with Crippen molar-refractivity contribution in [1.29, 1.82) is 0 Å². The van der Waals surface area contributed by atoms with Crippen molar-refractivity contribution in [3.05, 3.63) is 54.6 Å². The van der Waals surface area contributed by atoms with Crippen LogP contribution in [0.3, 0.4) is 0 Å². The van der Waals surface area contributed by atoms with Crippen LogP contribution in [0.25, 0.3) is 0 Å². The third-order valence-electron chi connectivity index (χ3n) is 2.34. The van der Waals surface area contributed by atoms with Crippen LogP contribution in [-0.4, -0.2) is 10.5 Å². The van der Waals surface area contributed by atoms with Crippen molar-refractivity contribution in [3.8, 4) is 0 Å². The molecule has 0 aliphatic carbocycles. The van der Waals surface area contributed by atoms with Gasteiger partial charge in [0.25, 0.3) is 0 Å². The summed E-state index contributed by atoms with van der Waals surface area (Å²) in [4.78, 5) is 0. The van der Waals surface area contributed by atoms with Crippen LogP contribution in [-0.2, 0) is 74.1 Å². The van der Waals surface area contributed by atoms with Crippen molar-refractivity contribution in [2.75, 3.05) is 9.03 Å². The van der Waals surface area contributed by atoms with E-state index in [1.54, 1.807) is 12.1 Å². The minimum absolute atomic E-state index is 0. The third-order valence-corrected chi connectivity index (χ3v) is 3.53. The standard InChI is InChI=1S/C12H12N2O4S2.2Y/c15-17-19-14(20-18-16)12-8-6-11(7-9-12)13-10-4-2-1-3-5-10;;/h1-9,13,15-16H;;. The molecule has 6 nitrogen and oxygen atoms in total. The molecule has 22 heavy (non-hydrogen) atoms. The van der Waals surface area contributed by atoms with Gasteiger partial charge in [-0.25, -0.2) is 14.2 Å². The molecular weight excluding hydrogens is 478 g/mol. The van der Waals surface area contributed by atoms with Crippen LogP contribution in [0.1, 0.15) is 0 Å². The minimum Gasteiger partial charge on any atom is -0.356 e. The van der Waals surface area contributed by atoms with E-state index in [4.69, 9.17) is 10.5 Å². The number of hydrogen-bond donors (Lipinski definition) is 3. The van der Waals surface area contributed by atoms with Gasteiger partial charge in [-0.3, -0.25) is 0 Å². The summed E-state index contributed by atoms with van der Waals surface area (Å²) in [6, 6.07) is 17.0. The number of rotatable bonds is 7. The number of nitrogens with zero attached hydrogens (tertiary/aromatic N) is 1. The predicted octanol–water partition coefficient (Wildman–Crippen LogP) is 4.34. The normalized spacial score (nSPS) is 9.36. The topological polar surface area (TPSA) is 74.2 Å². The second-order valence-corrected chi connectivity index (χ2v) is 5.15. The van der Waals surface area contributed by atoms with E-state index in [1.807, 2.05) is 42.5 Å². The number of para-hydroxylation sites is 1. The van der Waals surface area contributed by atoms with Crippen molar-refractivity contribution in [3.63, 3.8) is 0 Å². The molecule has 0 heterocycles.